The Morgan fingerprint density at radius 3 is 2.66 bits per heavy atom. The van der Waals surface area contributed by atoms with Gasteiger partial charge in [-0.25, -0.2) is 4.98 Å². The normalized spacial score (nSPS) is 12.1. The first-order chi connectivity index (χ1) is 14.0. The highest BCUT2D eigenvalue weighted by atomic mass is 32.2. The Morgan fingerprint density at radius 1 is 1.21 bits per heavy atom. The lowest BCUT2D eigenvalue weighted by atomic mass is 10.1. The molecule has 0 spiro atoms. The lowest BCUT2D eigenvalue weighted by molar-refractivity contribution is -0.120. The van der Waals surface area contributed by atoms with E-state index in [-0.39, 0.29) is 11.5 Å². The molecular weight excluding hydrogens is 386 g/mol. The summed E-state index contributed by atoms with van der Waals surface area (Å²) in [6.45, 7) is 5.14. The third-order valence-corrected chi connectivity index (χ3v) is 5.63. The zero-order valence-electron chi connectivity index (χ0n) is 16.8. The summed E-state index contributed by atoms with van der Waals surface area (Å²) < 4.78 is 6.62. The summed E-state index contributed by atoms with van der Waals surface area (Å²) in [5, 5.41) is 3.53. The van der Waals surface area contributed by atoms with E-state index in [2.05, 4.69) is 10.3 Å². The lowest BCUT2D eigenvalue weighted by Crippen LogP contribution is -2.34. The Kier molecular flexibility index (Phi) is 7.06. The molecular formula is C22H25N3O3S. The van der Waals surface area contributed by atoms with Crippen LogP contribution in [0.4, 0.5) is 0 Å². The minimum atomic E-state index is -0.399. The Hall–Kier alpha value is -2.64. The van der Waals surface area contributed by atoms with Crippen molar-refractivity contribution >= 4 is 28.6 Å². The van der Waals surface area contributed by atoms with Crippen LogP contribution < -0.4 is 10.9 Å². The zero-order valence-corrected chi connectivity index (χ0v) is 17.7. The van der Waals surface area contributed by atoms with Crippen molar-refractivity contribution in [2.45, 2.75) is 30.8 Å². The molecule has 6 nitrogen and oxygen atoms in total. The van der Waals surface area contributed by atoms with Crippen molar-refractivity contribution in [3.63, 3.8) is 0 Å². The molecule has 152 valence electrons. The first-order valence-corrected chi connectivity index (χ1v) is 10.4. The highest BCUT2D eigenvalue weighted by Crippen LogP contribution is 2.23. The van der Waals surface area contributed by atoms with Crippen LogP contribution in [0.25, 0.3) is 10.9 Å². The van der Waals surface area contributed by atoms with Gasteiger partial charge >= 0.3 is 0 Å². The smallest absolute Gasteiger partial charge is 0.262 e. The number of aromatic nitrogens is 2. The maximum Gasteiger partial charge on any atom is 0.262 e. The molecule has 2 aromatic carbocycles. The summed E-state index contributed by atoms with van der Waals surface area (Å²) in [6.07, 6.45) is 0. The number of rotatable bonds is 8. The minimum absolute atomic E-state index is 0.106. The molecule has 3 aromatic rings. The first-order valence-electron chi connectivity index (χ1n) is 9.48. The first kappa shape index (κ1) is 21.1. The number of fused-ring (bicyclic) bond motifs is 1. The van der Waals surface area contributed by atoms with Crippen molar-refractivity contribution in [1.82, 2.24) is 14.9 Å². The van der Waals surface area contributed by atoms with E-state index in [0.717, 1.165) is 11.1 Å². The summed E-state index contributed by atoms with van der Waals surface area (Å²) in [5.41, 5.74) is 2.69. The van der Waals surface area contributed by atoms with Gasteiger partial charge in [0.15, 0.2) is 5.16 Å². The van der Waals surface area contributed by atoms with Crippen LogP contribution in [0.5, 0.6) is 0 Å². The van der Waals surface area contributed by atoms with Crippen molar-refractivity contribution in [2.75, 3.05) is 20.3 Å². The number of amides is 1. The maximum atomic E-state index is 13.2. The van der Waals surface area contributed by atoms with Gasteiger partial charge < -0.3 is 10.1 Å². The van der Waals surface area contributed by atoms with Crippen molar-refractivity contribution in [3.05, 3.63) is 70.0 Å². The highest BCUT2D eigenvalue weighted by molar-refractivity contribution is 8.00. The third kappa shape index (κ3) is 5.25. The molecule has 0 aliphatic carbocycles. The predicted octanol–water partition coefficient (Wildman–Crippen LogP) is 3.00. The molecule has 0 radical (unpaired) electrons. The Balaban J connectivity index is 1.94. The van der Waals surface area contributed by atoms with E-state index in [9.17, 15) is 9.59 Å². The van der Waals surface area contributed by atoms with Crippen molar-refractivity contribution in [2.24, 2.45) is 0 Å². The number of para-hydroxylation sites is 1. The van der Waals surface area contributed by atoms with E-state index in [1.54, 1.807) is 17.7 Å². The molecule has 1 aromatic heterocycles. The highest BCUT2D eigenvalue weighted by Gasteiger charge is 2.19. The number of nitrogens with zero attached hydrogens (tertiary/aromatic N) is 2. The number of thioether (sulfide) groups is 1. The molecule has 1 amide bonds. The molecule has 0 aliphatic heterocycles. The van der Waals surface area contributed by atoms with Crippen LogP contribution in [0.15, 0.2) is 58.5 Å². The van der Waals surface area contributed by atoms with Crippen LogP contribution in [-0.4, -0.2) is 41.0 Å². The fourth-order valence-electron chi connectivity index (χ4n) is 2.88. The van der Waals surface area contributed by atoms with E-state index in [1.807, 2.05) is 56.3 Å². The summed E-state index contributed by atoms with van der Waals surface area (Å²) >= 11 is 1.29. The van der Waals surface area contributed by atoms with Gasteiger partial charge in [0.2, 0.25) is 5.91 Å². The van der Waals surface area contributed by atoms with E-state index in [0.29, 0.717) is 35.8 Å². The number of hydrogen-bond acceptors (Lipinski definition) is 5. The molecule has 0 bridgehead atoms. The third-order valence-electron chi connectivity index (χ3n) is 4.54. The predicted molar refractivity (Wildman–Crippen MR) is 116 cm³/mol. The van der Waals surface area contributed by atoms with Gasteiger partial charge in [-0.3, -0.25) is 14.2 Å². The molecule has 0 aliphatic rings. The quantitative estimate of drug-likeness (QED) is 0.350. The SMILES string of the molecule is COCCNC(=O)[C@@H](C)Sc1nc2ccccc2c(=O)n1Cc1ccc(C)cc1. The second-order valence-corrected chi connectivity index (χ2v) is 8.14. The average Bonchev–Trinajstić information content (AvgIpc) is 2.72. The van der Waals surface area contributed by atoms with Gasteiger partial charge in [0.25, 0.3) is 5.56 Å². The van der Waals surface area contributed by atoms with Gasteiger partial charge in [0, 0.05) is 13.7 Å². The largest absolute Gasteiger partial charge is 0.383 e. The van der Waals surface area contributed by atoms with Gasteiger partial charge in [-0.1, -0.05) is 53.7 Å². The standard InChI is InChI=1S/C22H25N3O3S/c1-15-8-10-17(11-9-15)14-25-21(27)18-6-4-5-7-19(18)24-22(25)29-16(2)20(26)23-12-13-28-3/h4-11,16H,12-14H2,1-3H3,(H,23,26)/t16-/m1/s1. The molecule has 1 atom stereocenters. The van der Waals surface area contributed by atoms with Crippen LogP contribution in [0, 0.1) is 6.92 Å². The van der Waals surface area contributed by atoms with Crippen molar-refractivity contribution < 1.29 is 9.53 Å². The monoisotopic (exact) mass is 411 g/mol. The minimum Gasteiger partial charge on any atom is -0.383 e. The summed E-state index contributed by atoms with van der Waals surface area (Å²) in [5.74, 6) is -0.114. The second kappa shape index (κ2) is 9.71. The van der Waals surface area contributed by atoms with Crippen LogP contribution in [0.1, 0.15) is 18.1 Å². The van der Waals surface area contributed by atoms with E-state index in [1.165, 1.54) is 11.8 Å². The molecule has 1 N–H and O–H groups in total. The number of aryl methyl sites for hydroxylation is 1. The second-order valence-electron chi connectivity index (χ2n) is 6.83. The van der Waals surface area contributed by atoms with Crippen LogP contribution in [0.2, 0.25) is 0 Å². The van der Waals surface area contributed by atoms with Gasteiger partial charge in [-0.2, -0.15) is 0 Å². The molecule has 0 fully saturated rings. The average molecular weight is 412 g/mol. The van der Waals surface area contributed by atoms with Gasteiger partial charge in [0.1, 0.15) is 0 Å². The number of ether oxygens (including phenoxy) is 1. The topological polar surface area (TPSA) is 73.2 Å². The van der Waals surface area contributed by atoms with Crippen molar-refractivity contribution in [3.8, 4) is 0 Å². The summed E-state index contributed by atoms with van der Waals surface area (Å²) in [6, 6.07) is 15.3. The number of benzene rings is 2. The number of hydrogen-bond donors (Lipinski definition) is 1. The Labute approximate surface area is 174 Å². The molecule has 1 heterocycles. The van der Waals surface area contributed by atoms with Crippen LogP contribution >= 0.6 is 11.8 Å². The van der Waals surface area contributed by atoms with Crippen molar-refractivity contribution in [1.29, 1.82) is 0 Å². The van der Waals surface area contributed by atoms with Gasteiger partial charge in [-0.05, 0) is 31.5 Å². The van der Waals surface area contributed by atoms with E-state index in [4.69, 9.17) is 4.74 Å². The number of nitrogens with one attached hydrogen (secondary N) is 1. The molecule has 7 heteroatoms. The zero-order chi connectivity index (χ0) is 20.8. The molecule has 29 heavy (non-hydrogen) atoms. The Morgan fingerprint density at radius 2 is 1.93 bits per heavy atom. The fourth-order valence-corrected chi connectivity index (χ4v) is 3.82. The van der Waals surface area contributed by atoms with Gasteiger partial charge in [-0.15, -0.1) is 0 Å². The molecule has 3 rings (SSSR count). The molecule has 0 saturated heterocycles. The lowest BCUT2D eigenvalue weighted by Gasteiger charge is -2.16. The van der Waals surface area contributed by atoms with Crippen LogP contribution in [-0.2, 0) is 16.1 Å². The number of carbonyl (C=O) groups is 1. The van der Waals surface area contributed by atoms with Crippen LogP contribution in [0.3, 0.4) is 0 Å². The van der Waals surface area contributed by atoms with Gasteiger partial charge in [0.05, 0.1) is 29.3 Å². The maximum absolute atomic E-state index is 13.2. The fraction of sp³-hybridized carbons (Fsp3) is 0.318. The Bertz CT molecular complexity index is 1050. The van der Waals surface area contributed by atoms with E-state index >= 15 is 0 Å². The number of methoxy groups -OCH3 is 1. The molecule has 0 unspecified atom stereocenters. The summed E-state index contributed by atoms with van der Waals surface area (Å²) in [7, 11) is 1.59. The molecule has 0 saturated carbocycles. The summed E-state index contributed by atoms with van der Waals surface area (Å²) in [4.78, 5) is 30.2. The number of carbonyl (C=O) groups excluding carboxylic acids is 1. The van der Waals surface area contributed by atoms with E-state index < -0.39 is 5.25 Å².